The average Bonchev–Trinajstić information content (AvgIpc) is 2.77. The Morgan fingerprint density at radius 3 is 2.62 bits per heavy atom. The molecule has 0 radical (unpaired) electrons. The first-order valence-corrected chi connectivity index (χ1v) is 6.26. The minimum absolute atomic E-state index is 0.0568. The molecule has 0 fully saturated rings. The van der Waals surface area contributed by atoms with Crippen molar-refractivity contribution < 1.29 is 19.5 Å². The summed E-state index contributed by atoms with van der Waals surface area (Å²) in [7, 11) is 0. The Kier molecular flexibility index (Phi) is 5.28. The van der Waals surface area contributed by atoms with Gasteiger partial charge in [-0.05, 0) is 13.8 Å². The van der Waals surface area contributed by atoms with Gasteiger partial charge in [0.1, 0.15) is 6.04 Å². The van der Waals surface area contributed by atoms with E-state index >= 15 is 0 Å². The maximum absolute atomic E-state index is 11.8. The lowest BCUT2D eigenvalue weighted by Gasteiger charge is -2.26. The number of nitrogens with one attached hydrogen (secondary N) is 3. The van der Waals surface area contributed by atoms with Gasteiger partial charge in [0.25, 0.3) is 0 Å². The summed E-state index contributed by atoms with van der Waals surface area (Å²) in [5.41, 5.74) is 4.79. The number of H-pyrrole nitrogens is 1. The van der Waals surface area contributed by atoms with E-state index in [9.17, 15) is 14.4 Å². The molecule has 0 saturated carbocycles. The van der Waals surface area contributed by atoms with Crippen LogP contribution in [0.5, 0.6) is 0 Å². The van der Waals surface area contributed by atoms with Crippen molar-refractivity contribution in [2.24, 2.45) is 5.73 Å². The third-order valence-corrected chi connectivity index (χ3v) is 2.65. The maximum atomic E-state index is 11.8. The molecule has 0 bridgehead atoms. The van der Waals surface area contributed by atoms with Crippen LogP contribution in [0.15, 0.2) is 12.5 Å². The zero-order valence-electron chi connectivity index (χ0n) is 11.8. The zero-order chi connectivity index (χ0) is 16.0. The van der Waals surface area contributed by atoms with Crippen molar-refractivity contribution in [3.8, 4) is 0 Å². The average molecular weight is 297 g/mol. The van der Waals surface area contributed by atoms with Gasteiger partial charge in [-0.2, -0.15) is 0 Å². The number of carboxylic acids is 1. The number of primary amides is 1. The molecule has 0 aliphatic carbocycles. The van der Waals surface area contributed by atoms with Gasteiger partial charge in [0, 0.05) is 30.3 Å². The number of urea groups is 1. The second-order valence-electron chi connectivity index (χ2n) is 5.30. The van der Waals surface area contributed by atoms with Gasteiger partial charge in [-0.15, -0.1) is 0 Å². The van der Waals surface area contributed by atoms with E-state index in [4.69, 9.17) is 10.8 Å². The molecule has 0 unspecified atom stereocenters. The number of aromatic nitrogens is 2. The third kappa shape index (κ3) is 5.93. The van der Waals surface area contributed by atoms with Crippen LogP contribution in [0.1, 0.15) is 26.0 Å². The Morgan fingerprint density at radius 1 is 1.48 bits per heavy atom. The first-order valence-electron chi connectivity index (χ1n) is 6.26. The number of carbonyl (C=O) groups excluding carboxylic acids is 2. The first kappa shape index (κ1) is 16.5. The molecule has 0 aromatic carbocycles. The summed E-state index contributed by atoms with van der Waals surface area (Å²) in [5.74, 6) is -1.74. The normalized spacial score (nSPS) is 12.5. The molecule has 6 N–H and O–H groups in total. The number of amides is 3. The Balaban J connectivity index is 2.60. The number of aliphatic carboxylic acids is 1. The molecule has 1 aromatic rings. The van der Waals surface area contributed by atoms with Crippen LogP contribution >= 0.6 is 0 Å². The van der Waals surface area contributed by atoms with Gasteiger partial charge in [-0.3, -0.25) is 4.79 Å². The van der Waals surface area contributed by atoms with E-state index in [0.29, 0.717) is 5.69 Å². The van der Waals surface area contributed by atoms with Crippen LogP contribution in [-0.2, 0) is 16.0 Å². The number of nitrogens with zero attached hydrogens (tertiary/aromatic N) is 1. The molecule has 0 aliphatic rings. The lowest BCUT2D eigenvalue weighted by molar-refractivity contribution is -0.139. The molecule has 1 atom stereocenters. The van der Waals surface area contributed by atoms with Crippen LogP contribution in [0.4, 0.5) is 4.79 Å². The Labute approximate surface area is 121 Å². The standard InChI is InChI=1S/C12H19N5O4/c1-12(2,4-9(13)18)17-11(21)16-8(10(19)20)3-7-5-14-6-15-7/h5-6,8H,3-4H2,1-2H3,(H2,13,18)(H,14,15)(H,19,20)(H2,16,17,21)/t8-/m1/s1. The fourth-order valence-corrected chi connectivity index (χ4v) is 1.80. The van der Waals surface area contributed by atoms with Crippen LogP contribution in [0.3, 0.4) is 0 Å². The van der Waals surface area contributed by atoms with Crippen LogP contribution in [-0.4, -0.2) is 44.6 Å². The molecule has 0 spiro atoms. The van der Waals surface area contributed by atoms with Crippen molar-refractivity contribution in [2.45, 2.75) is 38.3 Å². The predicted octanol–water partition coefficient (Wildman–Crippen LogP) is -0.641. The first-order chi connectivity index (χ1) is 9.69. The SMILES string of the molecule is CC(C)(CC(N)=O)NC(=O)N[C@H](Cc1cnc[nH]1)C(=O)O. The van der Waals surface area contributed by atoms with Crippen molar-refractivity contribution in [1.29, 1.82) is 0 Å². The molecule has 21 heavy (non-hydrogen) atoms. The molecular formula is C12H19N5O4. The van der Waals surface area contributed by atoms with Crippen LogP contribution in [0, 0.1) is 0 Å². The molecular weight excluding hydrogens is 278 g/mol. The molecule has 116 valence electrons. The number of aromatic amines is 1. The molecule has 0 saturated heterocycles. The van der Waals surface area contributed by atoms with E-state index < -0.39 is 29.5 Å². The Hall–Kier alpha value is -2.58. The summed E-state index contributed by atoms with van der Waals surface area (Å²) in [6, 6.07) is -1.80. The topological polar surface area (TPSA) is 150 Å². The summed E-state index contributed by atoms with van der Waals surface area (Å²) in [4.78, 5) is 40.4. The molecule has 1 heterocycles. The van der Waals surface area contributed by atoms with E-state index in [1.807, 2.05) is 0 Å². The number of hydrogen-bond acceptors (Lipinski definition) is 4. The Morgan fingerprint density at radius 2 is 2.14 bits per heavy atom. The highest BCUT2D eigenvalue weighted by molar-refractivity contribution is 5.83. The highest BCUT2D eigenvalue weighted by Crippen LogP contribution is 2.07. The minimum Gasteiger partial charge on any atom is -0.480 e. The third-order valence-electron chi connectivity index (χ3n) is 2.65. The molecule has 0 aliphatic heterocycles. The second kappa shape index (κ2) is 6.73. The maximum Gasteiger partial charge on any atom is 0.326 e. The van der Waals surface area contributed by atoms with Crippen LogP contribution in [0.25, 0.3) is 0 Å². The number of rotatable bonds is 7. The van der Waals surface area contributed by atoms with Gasteiger partial charge in [-0.25, -0.2) is 14.6 Å². The minimum atomic E-state index is -1.17. The van der Waals surface area contributed by atoms with Crippen molar-refractivity contribution in [3.63, 3.8) is 0 Å². The van der Waals surface area contributed by atoms with Gasteiger partial charge in [0.05, 0.1) is 6.33 Å². The molecule has 1 rings (SSSR count). The second-order valence-corrected chi connectivity index (χ2v) is 5.30. The van der Waals surface area contributed by atoms with Crippen molar-refractivity contribution in [1.82, 2.24) is 20.6 Å². The quantitative estimate of drug-likeness (QED) is 0.453. The van der Waals surface area contributed by atoms with Crippen LogP contribution in [0.2, 0.25) is 0 Å². The number of imidazole rings is 1. The van der Waals surface area contributed by atoms with Crippen LogP contribution < -0.4 is 16.4 Å². The molecule has 3 amide bonds. The number of hydrogen-bond donors (Lipinski definition) is 5. The number of nitrogens with two attached hydrogens (primary N) is 1. The van der Waals surface area contributed by atoms with Crippen molar-refractivity contribution in [3.05, 3.63) is 18.2 Å². The molecule has 1 aromatic heterocycles. The summed E-state index contributed by atoms with van der Waals surface area (Å²) in [6.45, 7) is 3.23. The van der Waals surface area contributed by atoms with Gasteiger partial charge >= 0.3 is 12.0 Å². The summed E-state index contributed by atoms with van der Waals surface area (Å²) >= 11 is 0. The fraction of sp³-hybridized carbons (Fsp3) is 0.500. The lowest BCUT2D eigenvalue weighted by Crippen LogP contribution is -2.54. The largest absolute Gasteiger partial charge is 0.480 e. The molecule has 9 heteroatoms. The highest BCUT2D eigenvalue weighted by atomic mass is 16.4. The van der Waals surface area contributed by atoms with Gasteiger partial charge in [0.2, 0.25) is 5.91 Å². The highest BCUT2D eigenvalue weighted by Gasteiger charge is 2.26. The molecule has 9 nitrogen and oxygen atoms in total. The van der Waals surface area contributed by atoms with Crippen molar-refractivity contribution in [2.75, 3.05) is 0 Å². The van der Waals surface area contributed by atoms with Gasteiger partial charge in [0.15, 0.2) is 0 Å². The number of carbonyl (C=O) groups is 3. The van der Waals surface area contributed by atoms with Crippen molar-refractivity contribution >= 4 is 17.9 Å². The van der Waals surface area contributed by atoms with Gasteiger partial charge in [-0.1, -0.05) is 0 Å². The number of carboxylic acid groups (broad SMARTS) is 1. The lowest BCUT2D eigenvalue weighted by atomic mass is 10.0. The van der Waals surface area contributed by atoms with E-state index in [-0.39, 0.29) is 12.8 Å². The summed E-state index contributed by atoms with van der Waals surface area (Å²) in [6.07, 6.45) is 2.91. The summed E-state index contributed by atoms with van der Waals surface area (Å²) in [5, 5.41) is 14.0. The van der Waals surface area contributed by atoms with E-state index in [1.165, 1.54) is 12.5 Å². The zero-order valence-corrected chi connectivity index (χ0v) is 11.8. The smallest absolute Gasteiger partial charge is 0.326 e. The van der Waals surface area contributed by atoms with Gasteiger partial charge < -0.3 is 26.5 Å². The van der Waals surface area contributed by atoms with E-state index in [2.05, 4.69) is 20.6 Å². The summed E-state index contributed by atoms with van der Waals surface area (Å²) < 4.78 is 0. The van der Waals surface area contributed by atoms with E-state index in [1.54, 1.807) is 13.8 Å². The Bertz CT molecular complexity index is 512. The monoisotopic (exact) mass is 297 g/mol. The van der Waals surface area contributed by atoms with E-state index in [0.717, 1.165) is 0 Å². The fourth-order valence-electron chi connectivity index (χ4n) is 1.80. The predicted molar refractivity (Wildman–Crippen MR) is 73.3 cm³/mol.